The van der Waals surface area contributed by atoms with Crippen LogP contribution in [-0.4, -0.2) is 18.6 Å². The number of urea groups is 1. The summed E-state index contributed by atoms with van der Waals surface area (Å²) in [5.74, 6) is -0.228. The molecule has 2 N–H and O–H groups in total. The first kappa shape index (κ1) is 12.5. The van der Waals surface area contributed by atoms with Crippen LogP contribution in [0.4, 0.5) is 9.18 Å². The lowest BCUT2D eigenvalue weighted by Gasteiger charge is -2.10. The van der Waals surface area contributed by atoms with Crippen molar-refractivity contribution in [1.82, 2.24) is 10.6 Å². The number of carbonyl (C=O) groups is 1. The molecule has 16 heavy (non-hydrogen) atoms. The lowest BCUT2D eigenvalue weighted by molar-refractivity contribution is 0.238. The average Bonchev–Trinajstić information content (AvgIpc) is 2.19. The van der Waals surface area contributed by atoms with E-state index in [-0.39, 0.29) is 17.9 Å². The summed E-state index contributed by atoms with van der Waals surface area (Å²) < 4.78 is 13.2. The van der Waals surface area contributed by atoms with Crippen LogP contribution in [0.25, 0.3) is 0 Å². The topological polar surface area (TPSA) is 41.1 Å². The molecule has 1 rings (SSSR count). The molecule has 88 valence electrons. The molecule has 0 aliphatic heterocycles. The smallest absolute Gasteiger partial charge is 0.314 e. The first-order chi connectivity index (χ1) is 7.59. The number of hydrogen-bond acceptors (Lipinski definition) is 1. The Morgan fingerprint density at radius 3 is 2.69 bits per heavy atom. The maximum atomic E-state index is 13.2. The van der Waals surface area contributed by atoms with Gasteiger partial charge in [0.1, 0.15) is 5.82 Å². The van der Waals surface area contributed by atoms with Gasteiger partial charge in [0.25, 0.3) is 0 Å². The van der Waals surface area contributed by atoms with Gasteiger partial charge in [-0.15, -0.1) is 0 Å². The van der Waals surface area contributed by atoms with Gasteiger partial charge in [0, 0.05) is 12.6 Å². The highest BCUT2D eigenvalue weighted by Gasteiger charge is 2.03. The summed E-state index contributed by atoms with van der Waals surface area (Å²) in [5.41, 5.74) is 0.618. The third kappa shape index (κ3) is 4.29. The molecule has 0 fully saturated rings. The van der Waals surface area contributed by atoms with Crippen molar-refractivity contribution in [2.75, 3.05) is 6.54 Å². The van der Waals surface area contributed by atoms with E-state index < -0.39 is 0 Å². The van der Waals surface area contributed by atoms with Crippen molar-refractivity contribution in [3.63, 3.8) is 0 Å². The molecule has 1 aromatic carbocycles. The SMILES string of the molecule is CC(C)NC(=O)NCCc1ccccc1F. The molecule has 0 aromatic heterocycles. The number of halogens is 1. The van der Waals surface area contributed by atoms with E-state index in [2.05, 4.69) is 10.6 Å². The number of nitrogens with one attached hydrogen (secondary N) is 2. The van der Waals surface area contributed by atoms with Crippen LogP contribution in [0.1, 0.15) is 19.4 Å². The Morgan fingerprint density at radius 2 is 2.06 bits per heavy atom. The Hall–Kier alpha value is -1.58. The van der Waals surface area contributed by atoms with E-state index in [1.807, 2.05) is 13.8 Å². The summed E-state index contributed by atoms with van der Waals surface area (Å²) in [7, 11) is 0. The third-order valence-electron chi connectivity index (χ3n) is 2.06. The van der Waals surface area contributed by atoms with Gasteiger partial charge in [-0.3, -0.25) is 0 Å². The molecule has 2 amide bonds. The number of hydrogen-bond donors (Lipinski definition) is 2. The summed E-state index contributed by atoms with van der Waals surface area (Å²) >= 11 is 0. The van der Waals surface area contributed by atoms with E-state index in [4.69, 9.17) is 0 Å². The Bertz CT molecular complexity index is 353. The molecule has 0 saturated carbocycles. The standard InChI is InChI=1S/C12H17FN2O/c1-9(2)15-12(16)14-8-7-10-5-3-4-6-11(10)13/h3-6,9H,7-8H2,1-2H3,(H2,14,15,16). The van der Waals surface area contributed by atoms with E-state index in [1.54, 1.807) is 18.2 Å². The Labute approximate surface area is 95.0 Å². The van der Waals surface area contributed by atoms with Gasteiger partial charge in [-0.2, -0.15) is 0 Å². The Morgan fingerprint density at radius 1 is 1.38 bits per heavy atom. The molecule has 0 aliphatic carbocycles. The highest BCUT2D eigenvalue weighted by atomic mass is 19.1. The number of carbonyl (C=O) groups excluding carboxylic acids is 1. The monoisotopic (exact) mass is 224 g/mol. The predicted octanol–water partition coefficient (Wildman–Crippen LogP) is 2.08. The van der Waals surface area contributed by atoms with Crippen molar-refractivity contribution < 1.29 is 9.18 Å². The van der Waals surface area contributed by atoms with Crippen LogP contribution in [0.15, 0.2) is 24.3 Å². The molecule has 0 saturated heterocycles. The van der Waals surface area contributed by atoms with E-state index in [1.165, 1.54) is 6.07 Å². The van der Waals surface area contributed by atoms with Crippen LogP contribution in [-0.2, 0) is 6.42 Å². The molecular weight excluding hydrogens is 207 g/mol. The minimum absolute atomic E-state index is 0.105. The second kappa shape index (κ2) is 6.10. The molecule has 0 spiro atoms. The zero-order valence-electron chi connectivity index (χ0n) is 9.59. The molecular formula is C12H17FN2O. The summed E-state index contributed by atoms with van der Waals surface area (Å²) in [6, 6.07) is 6.46. The molecule has 3 nitrogen and oxygen atoms in total. The van der Waals surface area contributed by atoms with E-state index in [0.29, 0.717) is 18.5 Å². The van der Waals surface area contributed by atoms with Gasteiger partial charge in [0.05, 0.1) is 0 Å². The molecule has 1 aromatic rings. The second-order valence-corrected chi connectivity index (χ2v) is 3.90. The molecule has 0 radical (unpaired) electrons. The van der Waals surface area contributed by atoms with Crippen LogP contribution in [0.2, 0.25) is 0 Å². The van der Waals surface area contributed by atoms with Gasteiger partial charge in [-0.25, -0.2) is 9.18 Å². The second-order valence-electron chi connectivity index (χ2n) is 3.90. The number of benzene rings is 1. The van der Waals surface area contributed by atoms with Crippen LogP contribution in [0.5, 0.6) is 0 Å². The van der Waals surface area contributed by atoms with E-state index in [0.717, 1.165) is 0 Å². The van der Waals surface area contributed by atoms with Gasteiger partial charge < -0.3 is 10.6 Å². The van der Waals surface area contributed by atoms with Crippen LogP contribution < -0.4 is 10.6 Å². The van der Waals surface area contributed by atoms with Crippen LogP contribution >= 0.6 is 0 Å². The minimum atomic E-state index is -0.228. The van der Waals surface area contributed by atoms with Gasteiger partial charge in [0.15, 0.2) is 0 Å². The van der Waals surface area contributed by atoms with Crippen molar-refractivity contribution >= 4 is 6.03 Å². The van der Waals surface area contributed by atoms with Crippen molar-refractivity contribution in [3.8, 4) is 0 Å². The lowest BCUT2D eigenvalue weighted by atomic mass is 10.1. The van der Waals surface area contributed by atoms with E-state index in [9.17, 15) is 9.18 Å². The van der Waals surface area contributed by atoms with Crippen molar-refractivity contribution in [3.05, 3.63) is 35.6 Å². The maximum absolute atomic E-state index is 13.2. The van der Waals surface area contributed by atoms with Gasteiger partial charge in [-0.05, 0) is 31.9 Å². The van der Waals surface area contributed by atoms with Gasteiger partial charge in [0.2, 0.25) is 0 Å². The van der Waals surface area contributed by atoms with E-state index >= 15 is 0 Å². The fourth-order valence-electron chi connectivity index (χ4n) is 1.33. The average molecular weight is 224 g/mol. The fraction of sp³-hybridized carbons (Fsp3) is 0.417. The van der Waals surface area contributed by atoms with Crippen LogP contribution in [0.3, 0.4) is 0 Å². The molecule has 4 heteroatoms. The zero-order valence-corrected chi connectivity index (χ0v) is 9.59. The third-order valence-corrected chi connectivity index (χ3v) is 2.06. The van der Waals surface area contributed by atoms with Crippen molar-refractivity contribution in [2.45, 2.75) is 26.3 Å². The summed E-state index contributed by atoms with van der Waals surface area (Å²) in [4.78, 5) is 11.2. The quantitative estimate of drug-likeness (QED) is 0.807. The summed E-state index contributed by atoms with van der Waals surface area (Å²) in [5, 5.41) is 5.37. The Balaban J connectivity index is 2.31. The zero-order chi connectivity index (χ0) is 12.0. The highest BCUT2D eigenvalue weighted by Crippen LogP contribution is 2.05. The minimum Gasteiger partial charge on any atom is -0.338 e. The molecule has 0 bridgehead atoms. The highest BCUT2D eigenvalue weighted by molar-refractivity contribution is 5.74. The lowest BCUT2D eigenvalue weighted by Crippen LogP contribution is -2.40. The van der Waals surface area contributed by atoms with Crippen molar-refractivity contribution in [2.24, 2.45) is 0 Å². The largest absolute Gasteiger partial charge is 0.338 e. The number of amides is 2. The molecule has 0 unspecified atom stereocenters. The molecule has 0 atom stereocenters. The normalized spacial score (nSPS) is 10.2. The maximum Gasteiger partial charge on any atom is 0.314 e. The van der Waals surface area contributed by atoms with Crippen molar-refractivity contribution in [1.29, 1.82) is 0 Å². The molecule has 0 aliphatic rings. The van der Waals surface area contributed by atoms with Crippen LogP contribution in [0, 0.1) is 5.82 Å². The van der Waals surface area contributed by atoms with Gasteiger partial charge >= 0.3 is 6.03 Å². The fourth-order valence-corrected chi connectivity index (χ4v) is 1.33. The summed E-state index contributed by atoms with van der Waals surface area (Å²) in [6.45, 7) is 4.20. The number of rotatable bonds is 4. The van der Waals surface area contributed by atoms with Gasteiger partial charge in [-0.1, -0.05) is 18.2 Å². The first-order valence-electron chi connectivity index (χ1n) is 5.37. The Kier molecular flexibility index (Phi) is 4.76. The first-order valence-corrected chi connectivity index (χ1v) is 5.37. The summed E-state index contributed by atoms with van der Waals surface area (Å²) in [6.07, 6.45) is 0.498. The predicted molar refractivity (Wildman–Crippen MR) is 61.8 cm³/mol. The molecule has 0 heterocycles.